The number of rotatable bonds is 21. The predicted octanol–water partition coefficient (Wildman–Crippen LogP) is 10.2. The summed E-state index contributed by atoms with van der Waals surface area (Å²) in [5.74, 6) is 0.272. The Morgan fingerprint density at radius 1 is 0.766 bits per heavy atom. The summed E-state index contributed by atoms with van der Waals surface area (Å²) in [7, 11) is -7.98. The Morgan fingerprint density at radius 3 is 2.05 bits per heavy atom. The molecule has 0 spiro atoms. The van der Waals surface area contributed by atoms with Crippen LogP contribution in [0.1, 0.15) is 55.1 Å². The summed E-state index contributed by atoms with van der Waals surface area (Å²) in [5, 5.41) is 10.4. The number of para-hydroxylation sites is 1. The lowest BCUT2D eigenvalue weighted by atomic mass is 9.78. The molecule has 0 radical (unpaired) electrons. The number of aryl methyl sites for hydroxylation is 1. The Balaban J connectivity index is 1.29. The lowest BCUT2D eigenvalue weighted by Crippen LogP contribution is -2.40. The maximum absolute atomic E-state index is 14.8. The molecular weight excluding hydrogens is 860 g/mol. The van der Waals surface area contributed by atoms with Crippen LogP contribution in [-0.2, 0) is 58.1 Å². The van der Waals surface area contributed by atoms with Gasteiger partial charge in [-0.1, -0.05) is 109 Å². The van der Waals surface area contributed by atoms with Crippen LogP contribution in [0.15, 0.2) is 127 Å². The van der Waals surface area contributed by atoms with Crippen molar-refractivity contribution in [2.75, 3.05) is 33.7 Å². The number of benzene rings is 5. The summed E-state index contributed by atoms with van der Waals surface area (Å²) >= 11 is 0. The van der Waals surface area contributed by atoms with E-state index in [1.807, 2.05) is 108 Å². The summed E-state index contributed by atoms with van der Waals surface area (Å²) in [6.45, 7) is 6.81. The van der Waals surface area contributed by atoms with Gasteiger partial charge in [0, 0.05) is 36.6 Å². The average Bonchev–Trinajstić information content (AvgIpc) is 3.73. The highest BCUT2D eigenvalue weighted by Gasteiger charge is 2.50. The van der Waals surface area contributed by atoms with Gasteiger partial charge in [-0.3, -0.25) is 14.1 Å². The number of aromatic nitrogens is 4. The fourth-order valence-corrected chi connectivity index (χ4v) is 10.3. The second-order valence-corrected chi connectivity index (χ2v) is 19.5. The number of pyridine rings is 1. The van der Waals surface area contributed by atoms with E-state index in [0.717, 1.165) is 57.4 Å². The highest BCUT2D eigenvalue weighted by molar-refractivity contribution is 7.62. The molecule has 0 aliphatic rings. The van der Waals surface area contributed by atoms with Crippen LogP contribution in [0.3, 0.4) is 0 Å². The van der Waals surface area contributed by atoms with Crippen LogP contribution < -0.4 is 5.30 Å². The Kier molecular flexibility index (Phi) is 14.7. The van der Waals surface area contributed by atoms with E-state index in [4.69, 9.17) is 28.7 Å². The fraction of sp³-hybridized carbons (Fsp3) is 0.312. The van der Waals surface area contributed by atoms with Crippen molar-refractivity contribution < 1.29 is 46.2 Å². The number of methoxy groups -OCH3 is 1. The average molecular weight is 913 g/mol. The number of hydrogen-bond donors (Lipinski definition) is 2. The number of alkyl halides is 2. The van der Waals surface area contributed by atoms with E-state index >= 15 is 0 Å². The molecule has 336 valence electrons. The highest BCUT2D eigenvalue weighted by Crippen LogP contribution is 2.59. The van der Waals surface area contributed by atoms with Gasteiger partial charge in [0.25, 0.3) is 0 Å². The van der Waals surface area contributed by atoms with Gasteiger partial charge in [-0.25, -0.2) is 4.68 Å². The maximum Gasteiger partial charge on any atom is 0.399 e. The molecule has 0 fully saturated rings. The first-order chi connectivity index (χ1) is 30.7. The van der Waals surface area contributed by atoms with Gasteiger partial charge in [-0.2, -0.15) is 8.78 Å². The van der Waals surface area contributed by atoms with Gasteiger partial charge in [0.15, 0.2) is 0 Å². The molecule has 0 saturated heterocycles. The largest absolute Gasteiger partial charge is 0.399 e. The van der Waals surface area contributed by atoms with Gasteiger partial charge in [0.1, 0.15) is 12.3 Å². The number of ether oxygens (including phenoxy) is 2. The fourth-order valence-electron chi connectivity index (χ4n) is 8.05. The van der Waals surface area contributed by atoms with Gasteiger partial charge in [-0.05, 0) is 90.8 Å². The highest BCUT2D eigenvalue weighted by atomic mass is 31.2. The second kappa shape index (κ2) is 20.0. The van der Waals surface area contributed by atoms with Gasteiger partial charge in [-0.15, -0.1) is 5.10 Å². The zero-order chi connectivity index (χ0) is 45.5. The van der Waals surface area contributed by atoms with Crippen molar-refractivity contribution in [2.24, 2.45) is 5.92 Å². The van der Waals surface area contributed by atoms with E-state index in [2.05, 4.69) is 12.0 Å². The third-order valence-electron chi connectivity index (χ3n) is 11.2. The van der Waals surface area contributed by atoms with Gasteiger partial charge < -0.3 is 28.3 Å². The molecule has 0 saturated carbocycles. The minimum atomic E-state index is -5.77. The Hall–Kier alpha value is -5.01. The molecule has 2 heterocycles. The molecule has 2 unspecified atom stereocenters. The molecule has 2 aromatic heterocycles. The summed E-state index contributed by atoms with van der Waals surface area (Å²) in [6.07, 6.45) is 2.15. The van der Waals surface area contributed by atoms with Crippen molar-refractivity contribution in [3.8, 4) is 11.1 Å². The topological polar surface area (TPSA) is 155 Å². The molecule has 7 aromatic rings. The van der Waals surface area contributed by atoms with Crippen molar-refractivity contribution in [3.05, 3.63) is 155 Å². The molecule has 0 amide bonds. The lowest BCUT2D eigenvalue weighted by molar-refractivity contribution is -0.0422. The molecule has 0 bridgehead atoms. The van der Waals surface area contributed by atoms with E-state index in [1.54, 1.807) is 21.0 Å². The molecular formula is C48H52F2N4O8P2. The monoisotopic (exact) mass is 912 g/mol. The van der Waals surface area contributed by atoms with E-state index in [9.17, 15) is 27.7 Å². The second-order valence-electron chi connectivity index (χ2n) is 15.8. The van der Waals surface area contributed by atoms with E-state index < -0.39 is 32.0 Å². The molecule has 0 aliphatic heterocycles. The van der Waals surface area contributed by atoms with E-state index in [1.165, 1.54) is 12.1 Å². The Labute approximate surface area is 371 Å². The van der Waals surface area contributed by atoms with Crippen LogP contribution in [0, 0.1) is 5.92 Å². The Morgan fingerprint density at radius 2 is 1.41 bits per heavy atom. The molecule has 12 nitrogen and oxygen atoms in total. The molecule has 2 atom stereocenters. The Bertz CT molecular complexity index is 2760. The number of fused-ring (bicyclic) bond motifs is 2. The molecule has 2 N–H and O–H groups in total. The van der Waals surface area contributed by atoms with Crippen molar-refractivity contribution in [1.82, 2.24) is 20.0 Å². The standard InChI is InChI=1S/C48H52F2N4O8P2/c1-5-61-63(55,62-6-2)45-29-39(28-38-23-27-42(51-46(38)45)26-16-34(3)32-60-33-59-4)37-21-17-35(18-22-37)30-47(40-12-8-7-9-13-40,54-44-15-11-10-14-43(44)52-53-54)31-36-19-24-41(25-20-36)48(49,50)64(56,57)58/h7-15,17-25,27-29,34H,5-6,16,26,30-33H2,1-4H3,(H2,56,57,58). The quantitative estimate of drug-likeness (QED) is 0.0402. The zero-order valence-electron chi connectivity index (χ0n) is 36.1. The number of nitrogens with zero attached hydrogens (tertiary/aromatic N) is 4. The van der Waals surface area contributed by atoms with Crippen LogP contribution >= 0.6 is 15.2 Å². The molecule has 5 aromatic carbocycles. The minimum absolute atomic E-state index is 0.171. The summed E-state index contributed by atoms with van der Waals surface area (Å²) in [6, 6.07) is 38.2. The summed E-state index contributed by atoms with van der Waals surface area (Å²) in [5.41, 5.74) is 0.785. The lowest BCUT2D eigenvalue weighted by Gasteiger charge is -2.36. The summed E-state index contributed by atoms with van der Waals surface area (Å²) < 4.78 is 80.0. The van der Waals surface area contributed by atoms with Crippen LogP contribution in [0.4, 0.5) is 8.78 Å². The summed E-state index contributed by atoms with van der Waals surface area (Å²) in [4.78, 5) is 23.8. The molecule has 0 aliphatic carbocycles. The van der Waals surface area contributed by atoms with Crippen molar-refractivity contribution in [1.29, 1.82) is 0 Å². The minimum Gasteiger partial charge on any atom is -0.359 e. The smallest absolute Gasteiger partial charge is 0.359 e. The van der Waals surface area contributed by atoms with Crippen LogP contribution in [0.5, 0.6) is 0 Å². The van der Waals surface area contributed by atoms with Crippen molar-refractivity contribution in [2.45, 2.75) is 57.7 Å². The zero-order valence-corrected chi connectivity index (χ0v) is 37.9. The van der Waals surface area contributed by atoms with Crippen LogP contribution in [0.2, 0.25) is 0 Å². The normalized spacial score (nSPS) is 13.9. The van der Waals surface area contributed by atoms with E-state index in [0.29, 0.717) is 41.3 Å². The SMILES string of the molecule is CCOP(=O)(OCC)c1cc(-c2ccc(CC(Cc3ccc(C(F)(F)P(=O)(O)O)cc3)(c3ccccc3)n3nnc4ccccc43)cc2)cc2ccc(CCC(C)COCOC)nc12. The maximum atomic E-state index is 14.8. The number of hydrogen-bond acceptors (Lipinski definition) is 9. The van der Waals surface area contributed by atoms with Gasteiger partial charge in [0.05, 0.1) is 41.7 Å². The first kappa shape index (κ1) is 47.0. The molecule has 16 heteroatoms. The molecule has 7 rings (SSSR count). The first-order valence-electron chi connectivity index (χ1n) is 21.1. The van der Waals surface area contributed by atoms with E-state index in [-0.39, 0.29) is 32.3 Å². The third kappa shape index (κ3) is 10.1. The van der Waals surface area contributed by atoms with Crippen LogP contribution in [0.25, 0.3) is 33.1 Å². The molecule has 64 heavy (non-hydrogen) atoms. The third-order valence-corrected chi connectivity index (χ3v) is 14.4. The van der Waals surface area contributed by atoms with Crippen LogP contribution in [-0.4, -0.2) is 63.5 Å². The first-order valence-corrected chi connectivity index (χ1v) is 24.3. The van der Waals surface area contributed by atoms with Crippen molar-refractivity contribution >= 4 is 42.4 Å². The number of halogens is 2. The van der Waals surface area contributed by atoms with Gasteiger partial charge >= 0.3 is 20.9 Å². The van der Waals surface area contributed by atoms with Gasteiger partial charge in [0.2, 0.25) is 0 Å². The predicted molar refractivity (Wildman–Crippen MR) is 244 cm³/mol. The van der Waals surface area contributed by atoms with Crippen molar-refractivity contribution in [3.63, 3.8) is 0 Å².